The van der Waals surface area contributed by atoms with Crippen molar-refractivity contribution in [3.05, 3.63) is 17.3 Å². The largest absolute Gasteiger partial charge is 0.481 e. The van der Waals surface area contributed by atoms with E-state index in [4.69, 9.17) is 20.8 Å². The first-order valence-electron chi connectivity index (χ1n) is 8.67. The highest BCUT2D eigenvalue weighted by molar-refractivity contribution is 6.74. The Labute approximate surface area is 152 Å². The van der Waals surface area contributed by atoms with Crippen molar-refractivity contribution in [1.29, 1.82) is 0 Å². The Bertz CT molecular complexity index is 575. The monoisotopic (exact) mass is 370 g/mol. The molecule has 0 aliphatic carbocycles. The summed E-state index contributed by atoms with van der Waals surface area (Å²) in [5.74, 6) is 1.06. The van der Waals surface area contributed by atoms with Crippen LogP contribution in [-0.2, 0) is 4.43 Å². The van der Waals surface area contributed by atoms with Gasteiger partial charge in [-0.3, -0.25) is 0 Å². The number of hydrogen-bond donors (Lipinski definition) is 0. The Balaban J connectivity index is 2.08. The van der Waals surface area contributed by atoms with Crippen LogP contribution in [0.15, 0.2) is 12.3 Å². The van der Waals surface area contributed by atoms with Crippen LogP contribution in [0.5, 0.6) is 5.88 Å². The van der Waals surface area contributed by atoms with Crippen molar-refractivity contribution >= 4 is 25.6 Å². The van der Waals surface area contributed by atoms with Crippen LogP contribution in [0.1, 0.15) is 34.1 Å². The molecule has 136 valence electrons. The van der Waals surface area contributed by atoms with Gasteiger partial charge in [-0.25, -0.2) is 4.98 Å². The Morgan fingerprint density at radius 1 is 1.33 bits per heavy atom. The topological polar surface area (TPSA) is 34.6 Å². The van der Waals surface area contributed by atoms with Gasteiger partial charge in [-0.05, 0) is 30.5 Å². The summed E-state index contributed by atoms with van der Waals surface area (Å²) in [5.41, 5.74) is 1.00. The average molecular weight is 371 g/mol. The molecule has 4 nitrogen and oxygen atoms in total. The van der Waals surface area contributed by atoms with Gasteiger partial charge in [-0.15, -0.1) is 0 Å². The van der Waals surface area contributed by atoms with Crippen molar-refractivity contribution in [2.45, 2.75) is 58.4 Å². The Kier molecular flexibility index (Phi) is 5.88. The molecule has 2 atom stereocenters. The fraction of sp³-hybridized carbons (Fsp3) is 0.722. The molecule has 0 spiro atoms. The van der Waals surface area contributed by atoms with Crippen LogP contribution in [-0.4, -0.2) is 39.6 Å². The summed E-state index contributed by atoms with van der Waals surface area (Å²) in [6, 6.07) is 1.92. The smallest absolute Gasteiger partial charge is 0.215 e. The third kappa shape index (κ3) is 4.24. The first kappa shape index (κ1) is 19.5. The summed E-state index contributed by atoms with van der Waals surface area (Å²) in [7, 11) is -0.109. The number of ether oxygens (including phenoxy) is 1. The number of nitrogens with zero attached hydrogens (tertiary/aromatic N) is 2. The van der Waals surface area contributed by atoms with Gasteiger partial charge in [0.1, 0.15) is 0 Å². The summed E-state index contributed by atoms with van der Waals surface area (Å²) in [6.45, 7) is 15.7. The van der Waals surface area contributed by atoms with Crippen LogP contribution >= 0.6 is 11.6 Å². The zero-order chi connectivity index (χ0) is 18.1. The number of hydrogen-bond acceptors (Lipinski definition) is 4. The molecule has 0 radical (unpaired) electrons. The molecule has 0 amide bonds. The SMILES string of the molecule is COc1cc(N2CC[C@H](O[Si](C)(C)C(C)(C)C)[C@H](C)C2)c(Cl)cn1. The Morgan fingerprint density at radius 2 is 2.00 bits per heavy atom. The van der Waals surface area contributed by atoms with Gasteiger partial charge in [-0.1, -0.05) is 39.3 Å². The van der Waals surface area contributed by atoms with Gasteiger partial charge in [0.05, 0.1) is 30.1 Å². The molecule has 0 bridgehead atoms. The first-order valence-corrected chi connectivity index (χ1v) is 12.0. The molecule has 1 fully saturated rings. The lowest BCUT2D eigenvalue weighted by Gasteiger charge is -2.45. The number of halogens is 1. The third-order valence-electron chi connectivity index (χ3n) is 5.44. The van der Waals surface area contributed by atoms with Crippen LogP contribution in [0, 0.1) is 5.92 Å². The first-order chi connectivity index (χ1) is 11.0. The van der Waals surface area contributed by atoms with E-state index < -0.39 is 8.32 Å². The van der Waals surface area contributed by atoms with E-state index >= 15 is 0 Å². The molecule has 0 aromatic carbocycles. The minimum atomic E-state index is -1.74. The van der Waals surface area contributed by atoms with E-state index in [9.17, 15) is 0 Å². The summed E-state index contributed by atoms with van der Waals surface area (Å²) < 4.78 is 11.9. The minimum Gasteiger partial charge on any atom is -0.481 e. The fourth-order valence-electron chi connectivity index (χ4n) is 2.84. The van der Waals surface area contributed by atoms with E-state index in [2.05, 4.69) is 50.7 Å². The second-order valence-corrected chi connectivity index (χ2v) is 13.5. The maximum absolute atomic E-state index is 6.66. The van der Waals surface area contributed by atoms with E-state index in [1.165, 1.54) is 0 Å². The average Bonchev–Trinajstić information content (AvgIpc) is 2.48. The van der Waals surface area contributed by atoms with Gasteiger partial charge in [0.2, 0.25) is 5.88 Å². The maximum Gasteiger partial charge on any atom is 0.215 e. The number of pyridine rings is 1. The summed E-state index contributed by atoms with van der Waals surface area (Å²) in [5, 5.41) is 0.915. The molecule has 1 saturated heterocycles. The molecule has 1 aromatic rings. The quantitative estimate of drug-likeness (QED) is 0.700. The highest BCUT2D eigenvalue weighted by Crippen LogP contribution is 2.40. The minimum absolute atomic E-state index is 0.242. The molecule has 0 unspecified atom stereocenters. The third-order valence-corrected chi connectivity index (χ3v) is 10.2. The van der Waals surface area contributed by atoms with Gasteiger partial charge in [0, 0.05) is 19.2 Å². The van der Waals surface area contributed by atoms with Crippen LogP contribution in [0.3, 0.4) is 0 Å². The number of anilines is 1. The molecular formula is C18H31ClN2O2Si. The van der Waals surface area contributed by atoms with Crippen molar-refractivity contribution in [2.75, 3.05) is 25.1 Å². The van der Waals surface area contributed by atoms with Crippen molar-refractivity contribution < 1.29 is 9.16 Å². The number of piperidine rings is 1. The van der Waals surface area contributed by atoms with Crippen molar-refractivity contribution in [3.63, 3.8) is 0 Å². The number of methoxy groups -OCH3 is 1. The van der Waals surface area contributed by atoms with Crippen LogP contribution < -0.4 is 9.64 Å². The highest BCUT2D eigenvalue weighted by Gasteiger charge is 2.41. The van der Waals surface area contributed by atoms with Crippen molar-refractivity contribution in [1.82, 2.24) is 4.98 Å². The lowest BCUT2D eigenvalue weighted by molar-refractivity contribution is 0.106. The molecule has 2 heterocycles. The molecule has 1 aromatic heterocycles. The molecule has 2 rings (SSSR count). The van der Waals surface area contributed by atoms with E-state index in [0.29, 0.717) is 22.9 Å². The van der Waals surface area contributed by atoms with Gasteiger partial charge >= 0.3 is 0 Å². The number of rotatable bonds is 4. The number of aromatic nitrogens is 1. The lowest BCUT2D eigenvalue weighted by atomic mass is 9.96. The Morgan fingerprint density at radius 3 is 2.54 bits per heavy atom. The summed E-state index contributed by atoms with van der Waals surface area (Å²) in [4.78, 5) is 6.48. The molecule has 0 saturated carbocycles. The zero-order valence-electron chi connectivity index (χ0n) is 16.0. The predicted octanol–water partition coefficient (Wildman–Crippen LogP) is 4.98. The van der Waals surface area contributed by atoms with Crippen LogP contribution in [0.4, 0.5) is 5.69 Å². The van der Waals surface area contributed by atoms with Crippen LogP contribution in [0.25, 0.3) is 0 Å². The Hall–Kier alpha value is -0.783. The molecule has 1 aliphatic rings. The summed E-state index contributed by atoms with van der Waals surface area (Å²) >= 11 is 6.35. The van der Waals surface area contributed by atoms with Crippen molar-refractivity contribution in [2.24, 2.45) is 5.92 Å². The molecule has 24 heavy (non-hydrogen) atoms. The van der Waals surface area contributed by atoms with Crippen LogP contribution in [0.2, 0.25) is 23.2 Å². The standard InChI is InChI=1S/C18H31ClN2O2Si/c1-13-12-21(15-10-17(22-5)20-11-14(15)19)9-8-16(13)23-24(6,7)18(2,3)4/h10-11,13,16H,8-9,12H2,1-7H3/t13-,16+/m1/s1. The fourth-order valence-corrected chi connectivity index (χ4v) is 4.52. The van der Waals surface area contributed by atoms with Crippen molar-refractivity contribution in [3.8, 4) is 5.88 Å². The summed E-state index contributed by atoms with van der Waals surface area (Å²) in [6.07, 6.45) is 3.01. The highest BCUT2D eigenvalue weighted by atomic mass is 35.5. The molecular weight excluding hydrogens is 340 g/mol. The van der Waals surface area contributed by atoms with Gasteiger partial charge < -0.3 is 14.1 Å². The molecule has 0 N–H and O–H groups in total. The van der Waals surface area contributed by atoms with E-state index in [1.54, 1.807) is 13.3 Å². The molecule has 6 heteroatoms. The second kappa shape index (κ2) is 7.22. The maximum atomic E-state index is 6.66. The predicted molar refractivity (Wildman–Crippen MR) is 104 cm³/mol. The lowest BCUT2D eigenvalue weighted by Crippen LogP contribution is -2.50. The van der Waals surface area contributed by atoms with Gasteiger partial charge in [0.25, 0.3) is 0 Å². The van der Waals surface area contributed by atoms with Gasteiger partial charge in [0.15, 0.2) is 8.32 Å². The van der Waals surface area contributed by atoms with E-state index in [-0.39, 0.29) is 5.04 Å². The normalized spacial score (nSPS) is 22.6. The second-order valence-electron chi connectivity index (χ2n) is 8.31. The van der Waals surface area contributed by atoms with E-state index in [1.807, 2.05) is 6.07 Å². The molecule has 1 aliphatic heterocycles. The van der Waals surface area contributed by atoms with Gasteiger partial charge in [-0.2, -0.15) is 0 Å². The zero-order valence-corrected chi connectivity index (χ0v) is 17.8. The van der Waals surface area contributed by atoms with E-state index in [0.717, 1.165) is 25.2 Å².